The van der Waals surface area contributed by atoms with Crippen LogP contribution in [-0.4, -0.2) is 77.1 Å². The summed E-state index contributed by atoms with van der Waals surface area (Å²) in [6.07, 6.45) is 8.30. The molecule has 36 heavy (non-hydrogen) atoms. The molecule has 8 heteroatoms. The van der Waals surface area contributed by atoms with Crippen LogP contribution in [0.1, 0.15) is 75.3 Å². The molecule has 2 heterocycles. The van der Waals surface area contributed by atoms with Crippen LogP contribution >= 0.6 is 0 Å². The van der Waals surface area contributed by atoms with E-state index < -0.39 is 6.04 Å². The third-order valence-electron chi connectivity index (χ3n) is 9.22. The van der Waals surface area contributed by atoms with Gasteiger partial charge in [0.2, 0.25) is 11.8 Å². The van der Waals surface area contributed by atoms with Gasteiger partial charge in [0.05, 0.1) is 12.6 Å². The molecule has 0 aromatic heterocycles. The Hall–Kier alpha value is -2.19. The number of nitrogens with zero attached hydrogens (tertiary/aromatic N) is 2. The first kappa shape index (κ1) is 25.5. The molecule has 3 fully saturated rings. The first-order chi connectivity index (χ1) is 17.4. The second-order valence-electron chi connectivity index (χ2n) is 11.4. The highest BCUT2D eigenvalue weighted by molar-refractivity contribution is 5.89. The molecule has 2 aliphatic heterocycles. The fraction of sp³-hybridized carbons (Fsp3) is 0.714. The maximum absolute atomic E-state index is 15.0. The second kappa shape index (κ2) is 10.7. The molecular weight excluding hydrogens is 459 g/mol. The molecule has 2 amide bonds. The van der Waals surface area contributed by atoms with Gasteiger partial charge < -0.3 is 20.6 Å². The lowest BCUT2D eigenvalue weighted by atomic mass is 9.80. The fourth-order valence-corrected chi connectivity index (χ4v) is 7.39. The molecule has 1 aromatic rings. The van der Waals surface area contributed by atoms with E-state index in [9.17, 15) is 14.7 Å². The third kappa shape index (κ3) is 4.86. The Morgan fingerprint density at radius 2 is 1.92 bits per heavy atom. The van der Waals surface area contributed by atoms with Gasteiger partial charge in [-0.15, -0.1) is 0 Å². The molecule has 3 unspecified atom stereocenters. The molecule has 1 aromatic carbocycles. The number of carbonyl (C=O) groups excluding carboxylic acids is 2. The number of hydrogen-bond donors (Lipinski definition) is 3. The Kier molecular flexibility index (Phi) is 7.54. The van der Waals surface area contributed by atoms with Crippen molar-refractivity contribution in [2.24, 2.45) is 5.92 Å². The Bertz CT molecular complexity index is 982. The van der Waals surface area contributed by atoms with Gasteiger partial charge in [-0.1, -0.05) is 18.9 Å². The van der Waals surface area contributed by atoms with E-state index in [0.29, 0.717) is 30.6 Å². The first-order valence-electron chi connectivity index (χ1n) is 13.9. The normalized spacial score (nSPS) is 31.2. The van der Waals surface area contributed by atoms with E-state index in [-0.39, 0.29) is 42.2 Å². The molecule has 2 saturated carbocycles. The summed E-state index contributed by atoms with van der Waals surface area (Å²) >= 11 is 0. The number of rotatable bonds is 5. The minimum Gasteiger partial charge on any atom is -0.394 e. The molecule has 0 spiro atoms. The number of amides is 2. The number of piperazine rings is 1. The molecule has 1 saturated heterocycles. The number of fused-ring (bicyclic) bond motifs is 1. The SMILES string of the molecule is CC(=O)N1CCN(C2CCC[C@@H](NC(=O)C3Nc4c(C)ccc(F)c4C3C3CCCC3)C2)C[C@@H]1CO. The number of hydrogen-bond acceptors (Lipinski definition) is 5. The summed E-state index contributed by atoms with van der Waals surface area (Å²) in [7, 11) is 0. The summed E-state index contributed by atoms with van der Waals surface area (Å²) in [5.41, 5.74) is 2.51. The zero-order chi connectivity index (χ0) is 25.4. The van der Waals surface area contributed by atoms with Crippen molar-refractivity contribution in [3.05, 3.63) is 29.1 Å². The van der Waals surface area contributed by atoms with Crippen LogP contribution in [-0.2, 0) is 9.59 Å². The molecule has 0 bridgehead atoms. The van der Waals surface area contributed by atoms with E-state index in [2.05, 4.69) is 15.5 Å². The Balaban J connectivity index is 1.26. The van der Waals surface area contributed by atoms with Gasteiger partial charge in [-0.05, 0) is 63.0 Å². The van der Waals surface area contributed by atoms with E-state index >= 15 is 4.39 Å². The molecule has 198 valence electrons. The van der Waals surface area contributed by atoms with Crippen LogP contribution in [0.2, 0.25) is 0 Å². The highest BCUT2D eigenvalue weighted by Crippen LogP contribution is 2.48. The van der Waals surface area contributed by atoms with Crippen LogP contribution in [0, 0.1) is 18.7 Å². The molecule has 3 N–H and O–H groups in total. The topological polar surface area (TPSA) is 84.9 Å². The zero-order valence-electron chi connectivity index (χ0n) is 21.6. The van der Waals surface area contributed by atoms with Crippen molar-refractivity contribution in [2.45, 2.75) is 95.3 Å². The van der Waals surface area contributed by atoms with Crippen molar-refractivity contribution >= 4 is 17.5 Å². The Morgan fingerprint density at radius 1 is 1.14 bits per heavy atom. The number of nitrogens with one attached hydrogen (secondary N) is 2. The monoisotopic (exact) mass is 500 g/mol. The highest BCUT2D eigenvalue weighted by atomic mass is 19.1. The first-order valence-corrected chi connectivity index (χ1v) is 13.9. The van der Waals surface area contributed by atoms with Crippen LogP contribution in [0.25, 0.3) is 0 Å². The minimum absolute atomic E-state index is 0.0102. The molecule has 0 radical (unpaired) electrons. The zero-order valence-corrected chi connectivity index (χ0v) is 21.6. The summed E-state index contributed by atoms with van der Waals surface area (Å²) in [6, 6.07) is 3.15. The van der Waals surface area contributed by atoms with Crippen LogP contribution in [0.15, 0.2) is 12.1 Å². The summed E-state index contributed by atoms with van der Waals surface area (Å²) in [4.78, 5) is 29.8. The van der Waals surface area contributed by atoms with Gasteiger partial charge in [0.15, 0.2) is 0 Å². The predicted molar refractivity (Wildman–Crippen MR) is 137 cm³/mol. The molecule has 4 aliphatic rings. The average Bonchev–Trinajstić information content (AvgIpc) is 3.54. The van der Waals surface area contributed by atoms with Crippen molar-refractivity contribution in [1.29, 1.82) is 0 Å². The number of aliphatic hydroxyl groups is 1. The number of aliphatic hydroxyl groups excluding tert-OH is 1. The van der Waals surface area contributed by atoms with E-state index in [0.717, 1.165) is 69.2 Å². The summed E-state index contributed by atoms with van der Waals surface area (Å²) in [6.45, 7) is 5.61. The van der Waals surface area contributed by atoms with Gasteiger partial charge in [-0.25, -0.2) is 4.39 Å². The Morgan fingerprint density at radius 3 is 2.64 bits per heavy atom. The van der Waals surface area contributed by atoms with Crippen LogP contribution < -0.4 is 10.6 Å². The van der Waals surface area contributed by atoms with E-state index in [1.165, 1.54) is 0 Å². The minimum atomic E-state index is -0.433. The maximum Gasteiger partial charge on any atom is 0.243 e. The highest BCUT2D eigenvalue weighted by Gasteiger charge is 2.45. The Labute approximate surface area is 213 Å². The number of aryl methyl sites for hydroxylation is 1. The van der Waals surface area contributed by atoms with Gasteiger partial charge in [0.25, 0.3) is 0 Å². The molecule has 5 rings (SSSR count). The van der Waals surface area contributed by atoms with Crippen molar-refractivity contribution in [1.82, 2.24) is 15.1 Å². The molecular formula is C28H41FN4O3. The van der Waals surface area contributed by atoms with Crippen molar-refractivity contribution in [2.75, 3.05) is 31.6 Å². The van der Waals surface area contributed by atoms with Crippen molar-refractivity contribution in [3.8, 4) is 0 Å². The fourth-order valence-electron chi connectivity index (χ4n) is 7.39. The lowest BCUT2D eigenvalue weighted by molar-refractivity contribution is -0.136. The van der Waals surface area contributed by atoms with Crippen LogP contribution in [0.3, 0.4) is 0 Å². The standard InChI is InChI=1S/C28H41FN4O3/c1-17-10-11-23(29)25-24(19-6-3-4-7-19)27(31-26(17)25)28(36)30-20-8-5-9-21(14-20)32-12-13-33(18(2)35)22(15-32)16-34/h10-11,19-22,24,27,31,34H,3-9,12-16H2,1-2H3,(H,30,36)/t20-,21?,22-,24?,27?/m1/s1. The third-order valence-corrected chi connectivity index (χ3v) is 9.22. The summed E-state index contributed by atoms with van der Waals surface area (Å²) < 4.78 is 15.0. The lowest BCUT2D eigenvalue weighted by Crippen LogP contribution is -2.59. The van der Waals surface area contributed by atoms with Gasteiger partial charge in [0, 0.05) is 55.8 Å². The van der Waals surface area contributed by atoms with Crippen LogP contribution in [0.5, 0.6) is 0 Å². The van der Waals surface area contributed by atoms with Crippen molar-refractivity contribution < 1.29 is 19.1 Å². The van der Waals surface area contributed by atoms with Crippen molar-refractivity contribution in [3.63, 3.8) is 0 Å². The maximum atomic E-state index is 15.0. The lowest BCUT2D eigenvalue weighted by Gasteiger charge is -2.45. The number of anilines is 1. The number of carbonyl (C=O) groups is 2. The number of benzene rings is 1. The van der Waals surface area contributed by atoms with Gasteiger partial charge in [0.1, 0.15) is 11.9 Å². The molecule has 5 atom stereocenters. The average molecular weight is 501 g/mol. The van der Waals surface area contributed by atoms with Gasteiger partial charge >= 0.3 is 0 Å². The second-order valence-corrected chi connectivity index (χ2v) is 11.4. The van der Waals surface area contributed by atoms with Gasteiger partial charge in [-0.3, -0.25) is 14.5 Å². The smallest absolute Gasteiger partial charge is 0.243 e. The van der Waals surface area contributed by atoms with E-state index in [1.807, 2.05) is 6.92 Å². The van der Waals surface area contributed by atoms with E-state index in [1.54, 1.807) is 24.0 Å². The molecule has 2 aliphatic carbocycles. The number of halogens is 1. The van der Waals surface area contributed by atoms with E-state index in [4.69, 9.17) is 0 Å². The summed E-state index contributed by atoms with van der Waals surface area (Å²) in [5, 5.41) is 16.6. The summed E-state index contributed by atoms with van der Waals surface area (Å²) in [5.74, 6) is 0.0130. The van der Waals surface area contributed by atoms with Gasteiger partial charge in [-0.2, -0.15) is 0 Å². The predicted octanol–water partition coefficient (Wildman–Crippen LogP) is 3.15. The largest absolute Gasteiger partial charge is 0.394 e. The van der Waals surface area contributed by atoms with Crippen LogP contribution in [0.4, 0.5) is 10.1 Å². The quantitative estimate of drug-likeness (QED) is 0.579. The molecule has 7 nitrogen and oxygen atoms in total.